The molecule has 0 N–H and O–H groups in total. The van der Waals surface area contributed by atoms with Crippen molar-refractivity contribution >= 4 is 5.97 Å². The molecule has 6 heteroatoms. The van der Waals surface area contributed by atoms with Crippen LogP contribution in [0.4, 0.5) is 0 Å². The number of nitrogens with zero attached hydrogens (tertiary/aromatic N) is 1. The van der Waals surface area contributed by atoms with Crippen LogP contribution in [0.25, 0.3) is 0 Å². The molecule has 0 radical (unpaired) electrons. The zero-order valence-corrected chi connectivity index (χ0v) is 13.5. The molecule has 1 fully saturated rings. The highest BCUT2D eigenvalue weighted by Crippen LogP contribution is 2.14. The van der Waals surface area contributed by atoms with E-state index in [1.807, 2.05) is 13.8 Å². The standard InChI is InChI=1S/C15H29NO5/c1-4-19-15(20-5-2)12-16(9-8-14(17)18-3)11-13-7-6-10-21-13/h13,15H,4-12H2,1-3H3. The maximum atomic E-state index is 11.3. The first-order valence-corrected chi connectivity index (χ1v) is 7.83. The first kappa shape index (κ1) is 18.4. The fourth-order valence-electron chi connectivity index (χ4n) is 2.42. The van der Waals surface area contributed by atoms with Gasteiger partial charge in [0.1, 0.15) is 0 Å². The lowest BCUT2D eigenvalue weighted by atomic mass is 10.2. The number of carbonyl (C=O) groups excluding carboxylic acids is 1. The Kier molecular flexibility index (Phi) is 9.58. The second kappa shape index (κ2) is 11.0. The summed E-state index contributed by atoms with van der Waals surface area (Å²) in [5.74, 6) is -0.197. The Labute approximate surface area is 127 Å². The second-order valence-electron chi connectivity index (χ2n) is 5.06. The predicted octanol–water partition coefficient (Wildman–Crippen LogP) is 1.43. The van der Waals surface area contributed by atoms with E-state index in [2.05, 4.69) is 4.90 Å². The summed E-state index contributed by atoms with van der Waals surface area (Å²) in [6.45, 7) is 8.01. The summed E-state index contributed by atoms with van der Waals surface area (Å²) < 4.78 is 21.6. The van der Waals surface area contributed by atoms with E-state index in [1.54, 1.807) is 0 Å². The van der Waals surface area contributed by atoms with Gasteiger partial charge in [0, 0.05) is 39.5 Å². The topological polar surface area (TPSA) is 57.2 Å². The summed E-state index contributed by atoms with van der Waals surface area (Å²) in [5.41, 5.74) is 0. The molecule has 21 heavy (non-hydrogen) atoms. The van der Waals surface area contributed by atoms with Gasteiger partial charge in [0.25, 0.3) is 0 Å². The van der Waals surface area contributed by atoms with E-state index < -0.39 is 0 Å². The maximum absolute atomic E-state index is 11.3. The molecule has 1 rings (SSSR count). The van der Waals surface area contributed by atoms with Crippen molar-refractivity contribution in [1.29, 1.82) is 0 Å². The molecule has 1 aliphatic rings. The Hall–Kier alpha value is -0.690. The molecule has 0 saturated carbocycles. The number of rotatable bonds is 11. The van der Waals surface area contributed by atoms with Gasteiger partial charge in [-0.3, -0.25) is 9.69 Å². The lowest BCUT2D eigenvalue weighted by molar-refractivity contribution is -0.152. The van der Waals surface area contributed by atoms with Crippen molar-refractivity contribution in [3.8, 4) is 0 Å². The van der Waals surface area contributed by atoms with Crippen molar-refractivity contribution in [3.05, 3.63) is 0 Å². The van der Waals surface area contributed by atoms with Crippen molar-refractivity contribution in [2.24, 2.45) is 0 Å². The molecule has 1 saturated heterocycles. The van der Waals surface area contributed by atoms with Crippen LogP contribution in [-0.4, -0.2) is 69.8 Å². The van der Waals surface area contributed by atoms with Crippen LogP contribution in [-0.2, 0) is 23.7 Å². The van der Waals surface area contributed by atoms with Crippen LogP contribution < -0.4 is 0 Å². The van der Waals surface area contributed by atoms with Gasteiger partial charge >= 0.3 is 5.97 Å². The summed E-state index contributed by atoms with van der Waals surface area (Å²) in [6, 6.07) is 0. The van der Waals surface area contributed by atoms with Crippen LogP contribution >= 0.6 is 0 Å². The van der Waals surface area contributed by atoms with Crippen LogP contribution in [0.15, 0.2) is 0 Å². The highest BCUT2D eigenvalue weighted by atomic mass is 16.7. The number of carbonyl (C=O) groups is 1. The van der Waals surface area contributed by atoms with Crippen molar-refractivity contribution in [2.45, 2.75) is 45.5 Å². The SMILES string of the molecule is CCOC(CN(CCC(=O)OC)CC1CCCO1)OCC. The lowest BCUT2D eigenvalue weighted by Gasteiger charge is -2.28. The van der Waals surface area contributed by atoms with Crippen LogP contribution in [0.2, 0.25) is 0 Å². The minimum absolute atomic E-state index is 0.197. The quantitative estimate of drug-likeness (QED) is 0.425. The second-order valence-corrected chi connectivity index (χ2v) is 5.06. The van der Waals surface area contributed by atoms with E-state index in [1.165, 1.54) is 7.11 Å². The normalized spacial score (nSPS) is 18.6. The summed E-state index contributed by atoms with van der Waals surface area (Å²) in [4.78, 5) is 13.5. The van der Waals surface area contributed by atoms with Crippen LogP contribution in [0.5, 0.6) is 0 Å². The monoisotopic (exact) mass is 303 g/mol. The predicted molar refractivity (Wildman–Crippen MR) is 79.1 cm³/mol. The summed E-state index contributed by atoms with van der Waals surface area (Å²) in [5, 5.41) is 0. The molecule has 1 aliphatic heterocycles. The molecule has 1 unspecified atom stereocenters. The van der Waals surface area contributed by atoms with E-state index in [0.717, 1.165) is 26.0 Å². The molecule has 124 valence electrons. The fraction of sp³-hybridized carbons (Fsp3) is 0.933. The molecule has 6 nitrogen and oxygen atoms in total. The molecule has 0 spiro atoms. The molecule has 0 aromatic heterocycles. The molecule has 0 aliphatic carbocycles. The van der Waals surface area contributed by atoms with E-state index in [-0.39, 0.29) is 18.4 Å². The van der Waals surface area contributed by atoms with Crippen molar-refractivity contribution < 1.29 is 23.7 Å². The molecular weight excluding hydrogens is 274 g/mol. The van der Waals surface area contributed by atoms with Gasteiger partial charge in [-0.05, 0) is 26.7 Å². The third-order valence-corrected chi connectivity index (χ3v) is 3.46. The Balaban J connectivity index is 2.48. The Morgan fingerprint density at radius 1 is 1.33 bits per heavy atom. The fourth-order valence-corrected chi connectivity index (χ4v) is 2.42. The summed E-state index contributed by atoms with van der Waals surface area (Å²) in [7, 11) is 1.41. The smallest absolute Gasteiger partial charge is 0.306 e. The van der Waals surface area contributed by atoms with E-state index in [4.69, 9.17) is 18.9 Å². The summed E-state index contributed by atoms with van der Waals surface area (Å²) >= 11 is 0. The molecular formula is C15H29NO5. The van der Waals surface area contributed by atoms with Gasteiger partial charge < -0.3 is 18.9 Å². The molecule has 0 bridgehead atoms. The number of methoxy groups -OCH3 is 1. The van der Waals surface area contributed by atoms with E-state index in [9.17, 15) is 4.79 Å². The van der Waals surface area contributed by atoms with E-state index in [0.29, 0.717) is 32.7 Å². The highest BCUT2D eigenvalue weighted by molar-refractivity contribution is 5.69. The van der Waals surface area contributed by atoms with Gasteiger partial charge in [-0.1, -0.05) is 0 Å². The third-order valence-electron chi connectivity index (χ3n) is 3.46. The zero-order chi connectivity index (χ0) is 15.5. The van der Waals surface area contributed by atoms with Gasteiger partial charge in [-0.2, -0.15) is 0 Å². The molecule has 1 atom stereocenters. The van der Waals surface area contributed by atoms with Crippen molar-refractivity contribution in [1.82, 2.24) is 4.90 Å². The highest BCUT2D eigenvalue weighted by Gasteiger charge is 2.22. The third kappa shape index (κ3) is 7.76. The molecule has 0 aromatic rings. The molecule has 0 amide bonds. The summed E-state index contributed by atoms with van der Waals surface area (Å²) in [6.07, 6.45) is 2.53. The van der Waals surface area contributed by atoms with Crippen LogP contribution in [0.3, 0.4) is 0 Å². The Morgan fingerprint density at radius 2 is 2.05 bits per heavy atom. The largest absolute Gasteiger partial charge is 0.469 e. The first-order chi connectivity index (χ1) is 10.2. The number of hydrogen-bond acceptors (Lipinski definition) is 6. The number of ether oxygens (including phenoxy) is 4. The lowest BCUT2D eigenvalue weighted by Crippen LogP contribution is -2.41. The zero-order valence-electron chi connectivity index (χ0n) is 13.5. The maximum Gasteiger partial charge on any atom is 0.306 e. The van der Waals surface area contributed by atoms with Crippen molar-refractivity contribution in [2.75, 3.05) is 46.6 Å². The van der Waals surface area contributed by atoms with Gasteiger partial charge in [-0.15, -0.1) is 0 Å². The average molecular weight is 303 g/mol. The average Bonchev–Trinajstić information content (AvgIpc) is 2.97. The first-order valence-electron chi connectivity index (χ1n) is 7.83. The van der Waals surface area contributed by atoms with Crippen LogP contribution in [0.1, 0.15) is 33.1 Å². The van der Waals surface area contributed by atoms with Gasteiger partial charge in [0.15, 0.2) is 6.29 Å². The Morgan fingerprint density at radius 3 is 2.57 bits per heavy atom. The van der Waals surface area contributed by atoms with Crippen LogP contribution in [0, 0.1) is 0 Å². The van der Waals surface area contributed by atoms with Gasteiger partial charge in [-0.25, -0.2) is 0 Å². The van der Waals surface area contributed by atoms with Gasteiger partial charge in [0.05, 0.1) is 19.6 Å². The molecule has 0 aromatic carbocycles. The number of hydrogen-bond donors (Lipinski definition) is 0. The van der Waals surface area contributed by atoms with Crippen molar-refractivity contribution in [3.63, 3.8) is 0 Å². The van der Waals surface area contributed by atoms with E-state index >= 15 is 0 Å². The van der Waals surface area contributed by atoms with Gasteiger partial charge in [0.2, 0.25) is 0 Å². The number of esters is 1. The molecule has 1 heterocycles. The Bertz CT molecular complexity index is 275. The minimum Gasteiger partial charge on any atom is -0.469 e. The minimum atomic E-state index is -0.265.